The van der Waals surface area contributed by atoms with Crippen LogP contribution in [0.2, 0.25) is 0 Å². The van der Waals surface area contributed by atoms with E-state index in [0.717, 1.165) is 36.4 Å². The highest BCUT2D eigenvalue weighted by Gasteiger charge is 2.33. The molecule has 0 aromatic heterocycles. The molecule has 124 valence electrons. The summed E-state index contributed by atoms with van der Waals surface area (Å²) in [4.78, 5) is 2.86. The molecule has 0 spiro atoms. The second kappa shape index (κ2) is 8.53. The lowest BCUT2D eigenvalue weighted by Gasteiger charge is -2.43. The van der Waals surface area contributed by atoms with Crippen molar-refractivity contribution in [2.45, 2.75) is 90.6 Å². The molecule has 0 saturated heterocycles. The summed E-state index contributed by atoms with van der Waals surface area (Å²) in [7, 11) is 0. The fourth-order valence-electron chi connectivity index (χ4n) is 4.97. The highest BCUT2D eigenvalue weighted by molar-refractivity contribution is 4.88. The number of nitrogens with zero attached hydrogens (tertiary/aromatic N) is 1. The van der Waals surface area contributed by atoms with Crippen molar-refractivity contribution in [1.82, 2.24) is 4.90 Å². The molecular weight excluding hydrogens is 256 g/mol. The Morgan fingerprint density at radius 3 is 2.38 bits per heavy atom. The monoisotopic (exact) mass is 294 g/mol. The SMILES string of the molecule is CCN(C1CCCC(C(C)C)CC1)C1CCCCC1CN. The van der Waals surface area contributed by atoms with E-state index in [1.54, 1.807) is 0 Å². The van der Waals surface area contributed by atoms with Crippen LogP contribution in [0.3, 0.4) is 0 Å². The van der Waals surface area contributed by atoms with Crippen LogP contribution < -0.4 is 5.73 Å². The fraction of sp³-hybridized carbons (Fsp3) is 1.00. The summed E-state index contributed by atoms with van der Waals surface area (Å²) in [6.07, 6.45) is 12.7. The van der Waals surface area contributed by atoms with E-state index in [1.165, 1.54) is 64.3 Å². The van der Waals surface area contributed by atoms with Crippen LogP contribution in [-0.2, 0) is 0 Å². The first-order valence-corrected chi connectivity index (χ1v) is 9.63. The molecule has 0 aliphatic heterocycles. The minimum Gasteiger partial charge on any atom is -0.330 e. The summed E-state index contributed by atoms with van der Waals surface area (Å²) in [5.41, 5.74) is 6.08. The third-order valence-corrected chi connectivity index (χ3v) is 6.36. The van der Waals surface area contributed by atoms with Gasteiger partial charge in [-0.3, -0.25) is 4.90 Å². The van der Waals surface area contributed by atoms with Gasteiger partial charge in [0.15, 0.2) is 0 Å². The Kier molecular flexibility index (Phi) is 7.01. The Hall–Kier alpha value is -0.0800. The Balaban J connectivity index is 1.99. The summed E-state index contributed by atoms with van der Waals surface area (Å²) >= 11 is 0. The lowest BCUT2D eigenvalue weighted by atomic mass is 9.82. The van der Waals surface area contributed by atoms with Gasteiger partial charge in [0.2, 0.25) is 0 Å². The molecule has 21 heavy (non-hydrogen) atoms. The first kappa shape index (κ1) is 17.3. The Morgan fingerprint density at radius 2 is 1.71 bits per heavy atom. The molecule has 4 atom stereocenters. The van der Waals surface area contributed by atoms with Gasteiger partial charge in [0.25, 0.3) is 0 Å². The molecule has 2 aliphatic rings. The molecule has 2 aliphatic carbocycles. The van der Waals surface area contributed by atoms with Crippen molar-refractivity contribution in [3.63, 3.8) is 0 Å². The van der Waals surface area contributed by atoms with Gasteiger partial charge in [-0.15, -0.1) is 0 Å². The van der Waals surface area contributed by atoms with E-state index < -0.39 is 0 Å². The largest absolute Gasteiger partial charge is 0.330 e. The molecule has 2 heteroatoms. The Morgan fingerprint density at radius 1 is 0.952 bits per heavy atom. The quantitative estimate of drug-likeness (QED) is 0.760. The van der Waals surface area contributed by atoms with E-state index in [0.29, 0.717) is 0 Å². The fourth-order valence-corrected chi connectivity index (χ4v) is 4.97. The smallest absolute Gasteiger partial charge is 0.0138 e. The summed E-state index contributed by atoms with van der Waals surface area (Å²) < 4.78 is 0. The van der Waals surface area contributed by atoms with Crippen LogP contribution in [0.5, 0.6) is 0 Å². The van der Waals surface area contributed by atoms with Crippen molar-refractivity contribution >= 4 is 0 Å². The third kappa shape index (κ3) is 4.45. The van der Waals surface area contributed by atoms with Crippen molar-refractivity contribution in [2.24, 2.45) is 23.5 Å². The zero-order valence-electron chi connectivity index (χ0n) is 14.7. The second-order valence-corrected chi connectivity index (χ2v) is 7.84. The van der Waals surface area contributed by atoms with Gasteiger partial charge in [0, 0.05) is 12.1 Å². The maximum atomic E-state index is 6.08. The minimum absolute atomic E-state index is 0.753. The maximum Gasteiger partial charge on any atom is 0.0138 e. The van der Waals surface area contributed by atoms with Crippen molar-refractivity contribution in [3.05, 3.63) is 0 Å². The van der Waals surface area contributed by atoms with E-state index in [9.17, 15) is 0 Å². The molecule has 2 fully saturated rings. The molecule has 2 rings (SSSR count). The lowest BCUT2D eigenvalue weighted by molar-refractivity contribution is 0.0625. The molecule has 0 heterocycles. The molecule has 0 amide bonds. The van der Waals surface area contributed by atoms with Crippen molar-refractivity contribution < 1.29 is 0 Å². The standard InChI is InChI=1S/C19H38N2/c1-4-21(19-11-6-5-8-17(19)14-20)18-10-7-9-16(12-13-18)15(2)3/h15-19H,4-14,20H2,1-3H3. The van der Waals surface area contributed by atoms with Crippen LogP contribution in [0.15, 0.2) is 0 Å². The van der Waals surface area contributed by atoms with E-state index in [2.05, 4.69) is 25.7 Å². The molecule has 4 unspecified atom stereocenters. The zero-order chi connectivity index (χ0) is 15.2. The van der Waals surface area contributed by atoms with Gasteiger partial charge in [0.05, 0.1) is 0 Å². The highest BCUT2D eigenvalue weighted by Crippen LogP contribution is 2.35. The molecule has 0 bridgehead atoms. The summed E-state index contributed by atoms with van der Waals surface area (Å²) in [6.45, 7) is 9.30. The number of hydrogen-bond acceptors (Lipinski definition) is 2. The van der Waals surface area contributed by atoms with Gasteiger partial charge in [-0.1, -0.05) is 46.5 Å². The first-order valence-electron chi connectivity index (χ1n) is 9.63. The first-order chi connectivity index (χ1) is 10.2. The van der Waals surface area contributed by atoms with Crippen LogP contribution in [0.4, 0.5) is 0 Å². The van der Waals surface area contributed by atoms with Crippen molar-refractivity contribution in [3.8, 4) is 0 Å². The molecule has 0 aromatic carbocycles. The molecule has 2 saturated carbocycles. The third-order valence-electron chi connectivity index (χ3n) is 6.36. The number of rotatable bonds is 5. The lowest BCUT2D eigenvalue weighted by Crippen LogP contribution is -2.49. The minimum atomic E-state index is 0.753. The predicted octanol–water partition coefficient (Wildman–Crippen LogP) is 4.43. The van der Waals surface area contributed by atoms with Gasteiger partial charge in [-0.2, -0.15) is 0 Å². The topological polar surface area (TPSA) is 29.3 Å². The predicted molar refractivity (Wildman–Crippen MR) is 92.4 cm³/mol. The number of hydrogen-bond donors (Lipinski definition) is 1. The summed E-state index contributed by atoms with van der Waals surface area (Å²) in [6, 6.07) is 1.60. The molecular formula is C19H38N2. The van der Waals surface area contributed by atoms with Crippen LogP contribution in [0.1, 0.15) is 78.6 Å². The molecule has 0 aromatic rings. The van der Waals surface area contributed by atoms with Gasteiger partial charge in [-0.05, 0) is 62.9 Å². The van der Waals surface area contributed by atoms with Crippen LogP contribution in [0.25, 0.3) is 0 Å². The number of nitrogens with two attached hydrogens (primary N) is 1. The Labute approximate surface area is 132 Å². The average molecular weight is 295 g/mol. The molecule has 2 N–H and O–H groups in total. The second-order valence-electron chi connectivity index (χ2n) is 7.84. The van der Waals surface area contributed by atoms with Crippen molar-refractivity contribution in [2.75, 3.05) is 13.1 Å². The normalized spacial score (nSPS) is 35.1. The van der Waals surface area contributed by atoms with Crippen LogP contribution in [0, 0.1) is 17.8 Å². The Bertz CT molecular complexity index is 289. The van der Waals surface area contributed by atoms with Crippen molar-refractivity contribution in [1.29, 1.82) is 0 Å². The molecule has 0 radical (unpaired) electrons. The summed E-state index contributed by atoms with van der Waals surface area (Å²) in [5, 5.41) is 0. The average Bonchev–Trinajstić information content (AvgIpc) is 2.75. The van der Waals surface area contributed by atoms with E-state index >= 15 is 0 Å². The van der Waals surface area contributed by atoms with E-state index in [4.69, 9.17) is 5.73 Å². The highest BCUT2D eigenvalue weighted by atomic mass is 15.2. The van der Waals surface area contributed by atoms with Gasteiger partial charge in [-0.25, -0.2) is 0 Å². The maximum absolute atomic E-state index is 6.08. The van der Waals surface area contributed by atoms with E-state index in [-0.39, 0.29) is 0 Å². The van der Waals surface area contributed by atoms with Gasteiger partial charge in [0.1, 0.15) is 0 Å². The van der Waals surface area contributed by atoms with Gasteiger partial charge >= 0.3 is 0 Å². The zero-order valence-corrected chi connectivity index (χ0v) is 14.7. The molecule has 2 nitrogen and oxygen atoms in total. The summed E-state index contributed by atoms with van der Waals surface area (Å²) in [5.74, 6) is 2.58. The van der Waals surface area contributed by atoms with Crippen LogP contribution in [-0.4, -0.2) is 30.1 Å². The van der Waals surface area contributed by atoms with Gasteiger partial charge < -0.3 is 5.73 Å². The van der Waals surface area contributed by atoms with E-state index in [1.807, 2.05) is 0 Å². The van der Waals surface area contributed by atoms with Crippen LogP contribution >= 0.6 is 0 Å².